The quantitative estimate of drug-likeness (QED) is 0.791. The second-order valence-corrected chi connectivity index (χ2v) is 6.35. The summed E-state index contributed by atoms with van der Waals surface area (Å²) in [5.74, 6) is 0. The fourth-order valence-corrected chi connectivity index (χ4v) is 2.41. The summed E-state index contributed by atoms with van der Waals surface area (Å²) in [7, 11) is -3.27. The van der Waals surface area contributed by atoms with Gasteiger partial charge in [0.25, 0.3) is 0 Å². The molecule has 0 amide bonds. The predicted molar refractivity (Wildman–Crippen MR) is 70.3 cm³/mol. The summed E-state index contributed by atoms with van der Waals surface area (Å²) in [6.45, 7) is 4.18. The number of hydrogen-bond donors (Lipinski definition) is 2. The molecule has 1 rings (SSSR count). The lowest BCUT2D eigenvalue weighted by atomic mass is 10.1. The summed E-state index contributed by atoms with van der Waals surface area (Å²) in [6.07, 6.45) is 0.698. The van der Waals surface area contributed by atoms with Gasteiger partial charge in [-0.2, -0.15) is 0 Å². The van der Waals surface area contributed by atoms with Crippen molar-refractivity contribution in [1.82, 2.24) is 4.72 Å². The first-order valence-electron chi connectivity index (χ1n) is 5.70. The van der Waals surface area contributed by atoms with Crippen LogP contribution in [-0.4, -0.2) is 26.8 Å². The van der Waals surface area contributed by atoms with Crippen molar-refractivity contribution in [2.24, 2.45) is 5.73 Å². The Hall–Kier alpha value is -0.910. The molecule has 0 heterocycles. The molecule has 1 aromatic rings. The third kappa shape index (κ3) is 4.11. The first kappa shape index (κ1) is 14.2. The van der Waals surface area contributed by atoms with Gasteiger partial charge in [0.05, 0.1) is 5.25 Å². The summed E-state index contributed by atoms with van der Waals surface area (Å²) < 4.78 is 25.9. The molecule has 0 bridgehead atoms. The van der Waals surface area contributed by atoms with Crippen LogP contribution in [0.3, 0.4) is 0 Å². The molecule has 3 N–H and O–H groups in total. The highest BCUT2D eigenvalue weighted by Gasteiger charge is 2.17. The van der Waals surface area contributed by atoms with E-state index < -0.39 is 15.3 Å². The van der Waals surface area contributed by atoms with Gasteiger partial charge in [-0.05, 0) is 31.4 Å². The molecule has 0 spiro atoms. The van der Waals surface area contributed by atoms with Gasteiger partial charge in [-0.3, -0.25) is 0 Å². The minimum Gasteiger partial charge on any atom is -0.329 e. The van der Waals surface area contributed by atoms with Crippen LogP contribution in [0.25, 0.3) is 0 Å². The van der Waals surface area contributed by atoms with Gasteiger partial charge >= 0.3 is 0 Å². The summed E-state index contributed by atoms with van der Waals surface area (Å²) >= 11 is 0. The van der Waals surface area contributed by atoms with Crippen molar-refractivity contribution in [3.63, 3.8) is 0 Å². The van der Waals surface area contributed by atoms with Gasteiger partial charge in [0.2, 0.25) is 10.0 Å². The Morgan fingerprint density at radius 3 is 2.59 bits per heavy atom. The van der Waals surface area contributed by atoms with Crippen LogP contribution in [0.15, 0.2) is 24.3 Å². The van der Waals surface area contributed by atoms with Crippen LogP contribution in [0.2, 0.25) is 0 Å². The number of nitrogens with two attached hydrogens (primary N) is 1. The average molecular weight is 256 g/mol. The van der Waals surface area contributed by atoms with E-state index in [1.807, 2.05) is 31.2 Å². The van der Waals surface area contributed by atoms with Crippen LogP contribution in [0.5, 0.6) is 0 Å². The summed E-state index contributed by atoms with van der Waals surface area (Å²) in [6, 6.07) is 7.96. The smallest absolute Gasteiger partial charge is 0.215 e. The molecule has 4 nitrogen and oxygen atoms in total. The Labute approximate surface area is 103 Å². The lowest BCUT2D eigenvalue weighted by Gasteiger charge is -2.12. The van der Waals surface area contributed by atoms with Crippen molar-refractivity contribution in [2.45, 2.75) is 25.5 Å². The van der Waals surface area contributed by atoms with E-state index in [-0.39, 0.29) is 6.54 Å². The molecule has 1 aromatic carbocycles. The molecule has 0 fully saturated rings. The SMILES string of the molecule is Cc1ccccc1CCNS(=O)(=O)C(C)CN. The van der Waals surface area contributed by atoms with E-state index in [9.17, 15) is 8.42 Å². The van der Waals surface area contributed by atoms with Crippen molar-refractivity contribution in [2.75, 3.05) is 13.1 Å². The zero-order chi connectivity index (χ0) is 12.9. The maximum absolute atomic E-state index is 11.6. The van der Waals surface area contributed by atoms with Crippen molar-refractivity contribution >= 4 is 10.0 Å². The number of aryl methyl sites for hydroxylation is 1. The molecule has 1 unspecified atom stereocenters. The zero-order valence-electron chi connectivity index (χ0n) is 10.3. The molecular formula is C12H20N2O2S. The maximum Gasteiger partial charge on any atom is 0.215 e. The lowest BCUT2D eigenvalue weighted by Crippen LogP contribution is -2.37. The second kappa shape index (κ2) is 6.14. The minimum atomic E-state index is -3.27. The molecule has 0 saturated heterocycles. The van der Waals surface area contributed by atoms with E-state index in [0.29, 0.717) is 13.0 Å². The molecule has 0 aliphatic carbocycles. The Kier molecular flexibility index (Phi) is 5.11. The van der Waals surface area contributed by atoms with Crippen molar-refractivity contribution in [1.29, 1.82) is 0 Å². The van der Waals surface area contributed by atoms with Crippen molar-refractivity contribution in [3.05, 3.63) is 35.4 Å². The van der Waals surface area contributed by atoms with Gasteiger partial charge < -0.3 is 5.73 Å². The maximum atomic E-state index is 11.6. The van der Waals surface area contributed by atoms with Gasteiger partial charge in [0.1, 0.15) is 0 Å². The van der Waals surface area contributed by atoms with Crippen LogP contribution < -0.4 is 10.5 Å². The molecule has 5 heteroatoms. The Balaban J connectivity index is 2.52. The van der Waals surface area contributed by atoms with Crippen molar-refractivity contribution < 1.29 is 8.42 Å². The molecule has 0 aliphatic rings. The van der Waals surface area contributed by atoms with E-state index in [1.54, 1.807) is 6.92 Å². The van der Waals surface area contributed by atoms with Gasteiger partial charge in [-0.1, -0.05) is 24.3 Å². The number of rotatable bonds is 6. The van der Waals surface area contributed by atoms with Crippen molar-refractivity contribution in [3.8, 4) is 0 Å². The van der Waals surface area contributed by atoms with Gasteiger partial charge in [-0.25, -0.2) is 13.1 Å². The predicted octanol–water partition coefficient (Wildman–Crippen LogP) is 0.804. The fraction of sp³-hybridized carbons (Fsp3) is 0.500. The number of sulfonamides is 1. The van der Waals surface area contributed by atoms with E-state index in [0.717, 1.165) is 5.56 Å². The highest BCUT2D eigenvalue weighted by Crippen LogP contribution is 2.07. The molecule has 0 aliphatic heterocycles. The molecule has 1 atom stereocenters. The van der Waals surface area contributed by atoms with Gasteiger partial charge in [-0.15, -0.1) is 0 Å². The summed E-state index contributed by atoms with van der Waals surface area (Å²) in [5, 5.41) is -0.542. The minimum absolute atomic E-state index is 0.139. The number of nitrogens with one attached hydrogen (secondary N) is 1. The Bertz CT molecular complexity index is 457. The van der Waals surface area contributed by atoms with Crippen LogP contribution in [0, 0.1) is 6.92 Å². The average Bonchev–Trinajstić information content (AvgIpc) is 2.30. The van der Waals surface area contributed by atoms with E-state index in [2.05, 4.69) is 4.72 Å². The first-order valence-corrected chi connectivity index (χ1v) is 7.25. The van der Waals surface area contributed by atoms with Crippen LogP contribution >= 0.6 is 0 Å². The zero-order valence-corrected chi connectivity index (χ0v) is 11.1. The molecular weight excluding hydrogens is 236 g/mol. The molecule has 0 radical (unpaired) electrons. The van der Waals surface area contributed by atoms with E-state index in [4.69, 9.17) is 5.73 Å². The normalized spacial score (nSPS) is 13.6. The van der Waals surface area contributed by atoms with Crippen LogP contribution in [-0.2, 0) is 16.4 Å². The molecule has 0 aromatic heterocycles. The van der Waals surface area contributed by atoms with E-state index >= 15 is 0 Å². The first-order chi connectivity index (χ1) is 7.97. The number of hydrogen-bond acceptors (Lipinski definition) is 3. The largest absolute Gasteiger partial charge is 0.329 e. The highest BCUT2D eigenvalue weighted by atomic mass is 32.2. The highest BCUT2D eigenvalue weighted by molar-refractivity contribution is 7.90. The third-order valence-electron chi connectivity index (χ3n) is 2.82. The summed E-state index contributed by atoms with van der Waals surface area (Å²) in [5.41, 5.74) is 7.69. The third-order valence-corrected chi connectivity index (χ3v) is 4.68. The fourth-order valence-electron chi connectivity index (χ4n) is 1.49. The van der Waals surface area contributed by atoms with Gasteiger partial charge in [0.15, 0.2) is 0 Å². The number of benzene rings is 1. The summed E-state index contributed by atoms with van der Waals surface area (Å²) in [4.78, 5) is 0. The molecule has 96 valence electrons. The second-order valence-electron chi connectivity index (χ2n) is 4.16. The molecule has 0 saturated carbocycles. The van der Waals surface area contributed by atoms with Crippen LogP contribution in [0.1, 0.15) is 18.1 Å². The topological polar surface area (TPSA) is 72.2 Å². The van der Waals surface area contributed by atoms with Gasteiger partial charge in [0, 0.05) is 13.1 Å². The van der Waals surface area contributed by atoms with E-state index in [1.165, 1.54) is 5.56 Å². The van der Waals surface area contributed by atoms with Crippen LogP contribution in [0.4, 0.5) is 0 Å². The Morgan fingerprint density at radius 2 is 2.00 bits per heavy atom. The Morgan fingerprint density at radius 1 is 1.35 bits per heavy atom. The monoisotopic (exact) mass is 256 g/mol. The standard InChI is InChI=1S/C12H20N2O2S/c1-10-5-3-4-6-12(10)7-8-14-17(15,16)11(2)9-13/h3-6,11,14H,7-9,13H2,1-2H3. The lowest BCUT2D eigenvalue weighted by molar-refractivity contribution is 0.569. The molecule has 17 heavy (non-hydrogen) atoms.